The van der Waals surface area contributed by atoms with E-state index in [4.69, 9.17) is 11.6 Å². The molecule has 3 aromatic rings. The molecule has 6 heteroatoms. The number of carbonyl (C=O) groups excluding carboxylic acids is 1. The minimum atomic E-state index is -0.165. The van der Waals surface area contributed by atoms with Gasteiger partial charge in [-0.05, 0) is 23.6 Å². The summed E-state index contributed by atoms with van der Waals surface area (Å²) in [6, 6.07) is 17.4. The van der Waals surface area contributed by atoms with Crippen molar-refractivity contribution in [2.75, 3.05) is 0 Å². The second kappa shape index (κ2) is 7.75. The Labute approximate surface area is 145 Å². The summed E-state index contributed by atoms with van der Waals surface area (Å²) in [4.78, 5) is 16.2. The first-order valence-corrected chi connectivity index (χ1v) is 8.00. The van der Waals surface area contributed by atoms with Gasteiger partial charge in [0.2, 0.25) is 5.91 Å². The van der Waals surface area contributed by atoms with Gasteiger partial charge in [-0.1, -0.05) is 60.1 Å². The molecule has 1 unspecified atom stereocenters. The van der Waals surface area contributed by atoms with Crippen LogP contribution in [0.15, 0.2) is 67.3 Å². The van der Waals surface area contributed by atoms with Crippen molar-refractivity contribution in [3.63, 3.8) is 0 Å². The minimum absolute atomic E-state index is 0.124. The number of nitrogens with one attached hydrogen (secondary N) is 1. The Hall–Kier alpha value is -2.66. The Morgan fingerprint density at radius 2 is 1.88 bits per heavy atom. The lowest BCUT2D eigenvalue weighted by Gasteiger charge is -2.20. The summed E-state index contributed by atoms with van der Waals surface area (Å²) < 4.78 is 1.49. The molecule has 0 saturated carbocycles. The van der Waals surface area contributed by atoms with Crippen LogP contribution in [-0.4, -0.2) is 20.7 Å². The van der Waals surface area contributed by atoms with Gasteiger partial charge in [0.25, 0.3) is 0 Å². The fraction of sp³-hybridized carbons (Fsp3) is 0.167. The van der Waals surface area contributed by atoms with Crippen LogP contribution in [0.25, 0.3) is 0 Å². The van der Waals surface area contributed by atoms with Gasteiger partial charge in [0.1, 0.15) is 19.2 Å². The molecule has 0 saturated heterocycles. The Bertz CT molecular complexity index is 790. The quantitative estimate of drug-likeness (QED) is 0.750. The van der Waals surface area contributed by atoms with E-state index in [9.17, 15) is 4.79 Å². The van der Waals surface area contributed by atoms with Crippen LogP contribution in [-0.2, 0) is 17.8 Å². The number of hydrogen-bond acceptors (Lipinski definition) is 3. The normalized spacial score (nSPS) is 11.9. The second-order valence-corrected chi connectivity index (χ2v) is 5.83. The highest BCUT2D eigenvalue weighted by atomic mass is 35.5. The molecule has 2 aromatic carbocycles. The van der Waals surface area contributed by atoms with E-state index < -0.39 is 0 Å². The molecule has 1 N–H and O–H groups in total. The van der Waals surface area contributed by atoms with E-state index >= 15 is 0 Å². The number of rotatable bonds is 6. The van der Waals surface area contributed by atoms with Crippen molar-refractivity contribution in [2.45, 2.75) is 19.0 Å². The predicted molar refractivity (Wildman–Crippen MR) is 92.5 cm³/mol. The van der Waals surface area contributed by atoms with Crippen LogP contribution in [0.4, 0.5) is 0 Å². The molecule has 1 aromatic heterocycles. The van der Waals surface area contributed by atoms with Gasteiger partial charge >= 0.3 is 0 Å². The molecule has 0 spiro atoms. The standard InChI is InChI=1S/C18H17ClN4O/c19-16-9-5-4-8-15(16)10-17(14-6-2-1-3-7-14)22-18(24)11-23-13-20-12-21-23/h1-9,12-13,17H,10-11H2,(H,22,24). The van der Waals surface area contributed by atoms with Gasteiger partial charge < -0.3 is 5.32 Å². The molecule has 0 aliphatic rings. The molecule has 1 heterocycles. The van der Waals surface area contributed by atoms with Crippen LogP contribution in [0.2, 0.25) is 5.02 Å². The number of amides is 1. The average molecular weight is 341 g/mol. The Balaban J connectivity index is 1.77. The molecule has 0 aliphatic heterocycles. The maximum atomic E-state index is 12.3. The molecule has 122 valence electrons. The minimum Gasteiger partial charge on any atom is -0.347 e. The molecule has 0 bridgehead atoms. The number of aromatic nitrogens is 3. The van der Waals surface area contributed by atoms with Crippen LogP contribution in [0.5, 0.6) is 0 Å². The molecule has 24 heavy (non-hydrogen) atoms. The summed E-state index contributed by atoms with van der Waals surface area (Å²) in [5.74, 6) is -0.124. The summed E-state index contributed by atoms with van der Waals surface area (Å²) in [6.07, 6.45) is 3.55. The lowest BCUT2D eigenvalue weighted by Crippen LogP contribution is -2.33. The molecular weight excluding hydrogens is 324 g/mol. The summed E-state index contributed by atoms with van der Waals surface area (Å²) in [5, 5.41) is 7.72. The van der Waals surface area contributed by atoms with Gasteiger partial charge in [-0.25, -0.2) is 9.67 Å². The van der Waals surface area contributed by atoms with Gasteiger partial charge in [0.15, 0.2) is 0 Å². The number of carbonyl (C=O) groups is 1. The maximum absolute atomic E-state index is 12.3. The highest BCUT2D eigenvalue weighted by Gasteiger charge is 2.17. The van der Waals surface area contributed by atoms with Gasteiger partial charge in [0, 0.05) is 5.02 Å². The van der Waals surface area contributed by atoms with Crippen molar-refractivity contribution in [1.29, 1.82) is 0 Å². The average Bonchev–Trinajstić information content (AvgIpc) is 3.10. The number of benzene rings is 2. The van der Waals surface area contributed by atoms with Crippen molar-refractivity contribution < 1.29 is 4.79 Å². The van der Waals surface area contributed by atoms with Crippen molar-refractivity contribution in [3.05, 3.63) is 83.4 Å². The third-order valence-electron chi connectivity index (χ3n) is 3.69. The van der Waals surface area contributed by atoms with Crippen molar-refractivity contribution in [1.82, 2.24) is 20.1 Å². The van der Waals surface area contributed by atoms with Gasteiger partial charge in [-0.15, -0.1) is 0 Å². The van der Waals surface area contributed by atoms with E-state index in [1.165, 1.54) is 17.3 Å². The van der Waals surface area contributed by atoms with Crippen LogP contribution in [0.1, 0.15) is 17.2 Å². The largest absolute Gasteiger partial charge is 0.347 e. The fourth-order valence-electron chi connectivity index (χ4n) is 2.52. The number of hydrogen-bond donors (Lipinski definition) is 1. The summed E-state index contributed by atoms with van der Waals surface area (Å²) in [5.41, 5.74) is 2.03. The van der Waals surface area contributed by atoms with Crippen LogP contribution >= 0.6 is 11.6 Å². The first-order chi connectivity index (χ1) is 11.7. The van der Waals surface area contributed by atoms with Crippen molar-refractivity contribution in [2.24, 2.45) is 0 Å². The fourth-order valence-corrected chi connectivity index (χ4v) is 2.74. The van der Waals surface area contributed by atoms with Gasteiger partial charge in [-0.2, -0.15) is 5.10 Å². The summed E-state index contributed by atoms with van der Waals surface area (Å²) in [6.45, 7) is 0.131. The second-order valence-electron chi connectivity index (χ2n) is 5.42. The maximum Gasteiger partial charge on any atom is 0.242 e. The third-order valence-corrected chi connectivity index (χ3v) is 4.06. The lowest BCUT2D eigenvalue weighted by molar-refractivity contribution is -0.122. The topological polar surface area (TPSA) is 59.8 Å². The highest BCUT2D eigenvalue weighted by molar-refractivity contribution is 6.31. The molecule has 0 aliphatic carbocycles. The Morgan fingerprint density at radius 3 is 2.58 bits per heavy atom. The lowest BCUT2D eigenvalue weighted by atomic mass is 9.98. The van der Waals surface area contributed by atoms with E-state index in [2.05, 4.69) is 15.4 Å². The molecule has 5 nitrogen and oxygen atoms in total. The van der Waals surface area contributed by atoms with Crippen LogP contribution < -0.4 is 5.32 Å². The van der Waals surface area contributed by atoms with Gasteiger partial charge in [-0.3, -0.25) is 4.79 Å². The van der Waals surface area contributed by atoms with E-state index in [-0.39, 0.29) is 18.5 Å². The highest BCUT2D eigenvalue weighted by Crippen LogP contribution is 2.23. The zero-order valence-electron chi connectivity index (χ0n) is 13.0. The van der Waals surface area contributed by atoms with Crippen LogP contribution in [0, 0.1) is 0 Å². The summed E-state index contributed by atoms with van der Waals surface area (Å²) in [7, 11) is 0. The van der Waals surface area contributed by atoms with Crippen molar-refractivity contribution >= 4 is 17.5 Å². The Kier molecular flexibility index (Phi) is 5.23. The van der Waals surface area contributed by atoms with Gasteiger partial charge in [0.05, 0.1) is 6.04 Å². The molecule has 1 amide bonds. The monoisotopic (exact) mass is 340 g/mol. The molecule has 0 radical (unpaired) electrons. The SMILES string of the molecule is O=C(Cn1cncn1)NC(Cc1ccccc1Cl)c1ccccc1. The number of nitrogens with zero attached hydrogens (tertiary/aromatic N) is 3. The van der Waals surface area contributed by atoms with Crippen molar-refractivity contribution in [3.8, 4) is 0 Å². The first-order valence-electron chi connectivity index (χ1n) is 7.62. The Morgan fingerprint density at radius 1 is 1.12 bits per heavy atom. The van der Waals surface area contributed by atoms with E-state index in [0.29, 0.717) is 11.4 Å². The molecular formula is C18H17ClN4O. The van der Waals surface area contributed by atoms with E-state index in [1.54, 1.807) is 0 Å². The first kappa shape index (κ1) is 16.2. The van der Waals surface area contributed by atoms with Crippen LogP contribution in [0.3, 0.4) is 0 Å². The zero-order valence-corrected chi connectivity index (χ0v) is 13.7. The molecule has 0 fully saturated rings. The smallest absolute Gasteiger partial charge is 0.242 e. The zero-order chi connectivity index (χ0) is 16.8. The van der Waals surface area contributed by atoms with E-state index in [1.807, 2.05) is 54.6 Å². The molecule has 1 atom stereocenters. The van der Waals surface area contributed by atoms with E-state index in [0.717, 1.165) is 11.1 Å². The number of halogens is 1. The summed E-state index contributed by atoms with van der Waals surface area (Å²) >= 11 is 6.27. The molecule has 3 rings (SSSR count). The third kappa shape index (κ3) is 4.20. The predicted octanol–water partition coefficient (Wildman–Crippen LogP) is 3.03.